The minimum absolute atomic E-state index is 0.0754. The summed E-state index contributed by atoms with van der Waals surface area (Å²) in [4.78, 5) is 0. The second-order valence-electron chi connectivity index (χ2n) is 4.83. The topological polar surface area (TPSA) is 63.5 Å². The Balaban J connectivity index is 2.00. The highest BCUT2D eigenvalue weighted by molar-refractivity contribution is 6.00. The SMILES string of the molecule is N/C(=N/O)c1ccc2ccn(Cc3ccc(F)cc3)c2c1. The Labute approximate surface area is 120 Å². The lowest BCUT2D eigenvalue weighted by Gasteiger charge is -2.07. The van der Waals surface area contributed by atoms with Crippen molar-refractivity contribution in [1.29, 1.82) is 0 Å². The third-order valence-electron chi connectivity index (χ3n) is 3.44. The molecule has 5 heteroatoms. The van der Waals surface area contributed by atoms with Crippen LogP contribution in [0.4, 0.5) is 4.39 Å². The van der Waals surface area contributed by atoms with Crippen molar-refractivity contribution in [2.24, 2.45) is 10.9 Å². The molecule has 0 saturated carbocycles. The van der Waals surface area contributed by atoms with Crippen LogP contribution in [0.1, 0.15) is 11.1 Å². The van der Waals surface area contributed by atoms with Gasteiger partial charge in [-0.2, -0.15) is 0 Å². The van der Waals surface area contributed by atoms with E-state index in [4.69, 9.17) is 10.9 Å². The molecule has 3 N–H and O–H groups in total. The van der Waals surface area contributed by atoms with Gasteiger partial charge in [0.05, 0.1) is 0 Å². The van der Waals surface area contributed by atoms with Crippen LogP contribution >= 0.6 is 0 Å². The van der Waals surface area contributed by atoms with Crippen molar-refractivity contribution >= 4 is 16.7 Å². The van der Waals surface area contributed by atoms with Gasteiger partial charge >= 0.3 is 0 Å². The summed E-state index contributed by atoms with van der Waals surface area (Å²) in [5.41, 5.74) is 8.26. The van der Waals surface area contributed by atoms with Crippen LogP contribution in [-0.2, 0) is 6.54 Å². The zero-order valence-corrected chi connectivity index (χ0v) is 11.2. The van der Waals surface area contributed by atoms with E-state index in [2.05, 4.69) is 5.16 Å². The van der Waals surface area contributed by atoms with Crippen LogP contribution in [0.15, 0.2) is 59.9 Å². The summed E-state index contributed by atoms with van der Waals surface area (Å²) in [5, 5.41) is 12.8. The molecule has 0 aliphatic heterocycles. The predicted octanol–water partition coefficient (Wildman–Crippen LogP) is 2.92. The van der Waals surface area contributed by atoms with Crippen LogP contribution in [0.25, 0.3) is 10.9 Å². The molecule has 3 rings (SSSR count). The van der Waals surface area contributed by atoms with E-state index in [0.29, 0.717) is 12.1 Å². The summed E-state index contributed by atoms with van der Waals surface area (Å²) in [5.74, 6) is -0.170. The van der Waals surface area contributed by atoms with Crippen LogP contribution in [0.3, 0.4) is 0 Å². The molecule has 0 saturated heterocycles. The molecule has 0 radical (unpaired) electrons. The number of nitrogens with zero attached hydrogens (tertiary/aromatic N) is 2. The van der Waals surface area contributed by atoms with Crippen molar-refractivity contribution in [2.75, 3.05) is 0 Å². The highest BCUT2D eigenvalue weighted by Crippen LogP contribution is 2.19. The Morgan fingerprint density at radius 2 is 1.90 bits per heavy atom. The van der Waals surface area contributed by atoms with Gasteiger partial charge in [0.25, 0.3) is 0 Å². The fourth-order valence-corrected chi connectivity index (χ4v) is 2.33. The first-order chi connectivity index (χ1) is 10.2. The monoisotopic (exact) mass is 283 g/mol. The van der Waals surface area contributed by atoms with Gasteiger partial charge in [0.2, 0.25) is 0 Å². The molecule has 2 aromatic carbocycles. The number of aromatic nitrogens is 1. The summed E-state index contributed by atoms with van der Waals surface area (Å²) in [6.45, 7) is 0.628. The number of halogens is 1. The third kappa shape index (κ3) is 2.58. The second kappa shape index (κ2) is 5.28. The minimum Gasteiger partial charge on any atom is -0.409 e. The molecule has 21 heavy (non-hydrogen) atoms. The van der Waals surface area contributed by atoms with Gasteiger partial charge in [-0.1, -0.05) is 29.4 Å². The lowest BCUT2D eigenvalue weighted by atomic mass is 10.1. The highest BCUT2D eigenvalue weighted by atomic mass is 19.1. The summed E-state index contributed by atoms with van der Waals surface area (Å²) in [6, 6.07) is 14.0. The molecule has 0 fully saturated rings. The summed E-state index contributed by atoms with van der Waals surface area (Å²) in [7, 11) is 0. The van der Waals surface area contributed by atoms with Gasteiger partial charge in [-0.05, 0) is 35.2 Å². The second-order valence-corrected chi connectivity index (χ2v) is 4.83. The molecule has 0 atom stereocenters. The smallest absolute Gasteiger partial charge is 0.170 e. The molecular formula is C16H14FN3O. The van der Waals surface area contributed by atoms with Crippen molar-refractivity contribution in [1.82, 2.24) is 4.57 Å². The Morgan fingerprint density at radius 3 is 2.62 bits per heavy atom. The largest absolute Gasteiger partial charge is 0.409 e. The van der Waals surface area contributed by atoms with Gasteiger partial charge in [0.1, 0.15) is 5.82 Å². The summed E-state index contributed by atoms with van der Waals surface area (Å²) < 4.78 is 15.0. The fourth-order valence-electron chi connectivity index (χ4n) is 2.33. The maximum Gasteiger partial charge on any atom is 0.170 e. The first kappa shape index (κ1) is 13.2. The zero-order chi connectivity index (χ0) is 14.8. The number of nitrogens with two attached hydrogens (primary N) is 1. The maximum absolute atomic E-state index is 12.9. The van der Waals surface area contributed by atoms with Crippen molar-refractivity contribution in [3.05, 3.63) is 71.7 Å². The van der Waals surface area contributed by atoms with Crippen molar-refractivity contribution in [3.8, 4) is 0 Å². The van der Waals surface area contributed by atoms with E-state index in [9.17, 15) is 4.39 Å². The van der Waals surface area contributed by atoms with Crippen LogP contribution in [0, 0.1) is 5.82 Å². The fraction of sp³-hybridized carbons (Fsp3) is 0.0625. The van der Waals surface area contributed by atoms with E-state index in [-0.39, 0.29) is 11.7 Å². The van der Waals surface area contributed by atoms with E-state index in [0.717, 1.165) is 16.5 Å². The van der Waals surface area contributed by atoms with Crippen molar-refractivity contribution in [3.63, 3.8) is 0 Å². The van der Waals surface area contributed by atoms with Gasteiger partial charge in [0, 0.05) is 23.8 Å². The number of hydrogen-bond acceptors (Lipinski definition) is 2. The van der Waals surface area contributed by atoms with Gasteiger partial charge in [0.15, 0.2) is 5.84 Å². The molecule has 1 aromatic heterocycles. The Morgan fingerprint density at radius 1 is 1.14 bits per heavy atom. The van der Waals surface area contributed by atoms with Crippen LogP contribution < -0.4 is 5.73 Å². The standard InChI is InChI=1S/C16H14FN3O/c17-14-5-1-11(2-6-14)10-20-8-7-12-3-4-13(9-15(12)20)16(18)19-21/h1-9,21H,10H2,(H2,18,19). The number of fused-ring (bicyclic) bond motifs is 1. The summed E-state index contributed by atoms with van der Waals surface area (Å²) >= 11 is 0. The number of hydrogen-bond donors (Lipinski definition) is 2. The van der Waals surface area contributed by atoms with E-state index >= 15 is 0 Å². The molecular weight excluding hydrogens is 269 g/mol. The number of rotatable bonds is 3. The lowest BCUT2D eigenvalue weighted by molar-refractivity contribution is 0.318. The number of benzene rings is 2. The first-order valence-corrected chi connectivity index (χ1v) is 6.48. The molecule has 0 spiro atoms. The first-order valence-electron chi connectivity index (χ1n) is 6.48. The van der Waals surface area contributed by atoms with Gasteiger partial charge < -0.3 is 15.5 Å². The van der Waals surface area contributed by atoms with E-state index in [1.807, 2.05) is 29.0 Å². The zero-order valence-electron chi connectivity index (χ0n) is 11.2. The minimum atomic E-state index is -0.245. The van der Waals surface area contributed by atoms with E-state index < -0.39 is 0 Å². The molecule has 106 valence electrons. The Kier molecular flexibility index (Phi) is 3.31. The number of amidine groups is 1. The van der Waals surface area contributed by atoms with E-state index in [1.54, 1.807) is 18.2 Å². The molecule has 0 unspecified atom stereocenters. The van der Waals surface area contributed by atoms with Crippen LogP contribution in [-0.4, -0.2) is 15.6 Å². The van der Waals surface area contributed by atoms with Crippen molar-refractivity contribution < 1.29 is 9.60 Å². The van der Waals surface area contributed by atoms with Crippen LogP contribution in [0.5, 0.6) is 0 Å². The highest BCUT2D eigenvalue weighted by Gasteiger charge is 2.06. The van der Waals surface area contributed by atoms with E-state index in [1.165, 1.54) is 12.1 Å². The Bertz CT molecular complexity index is 806. The van der Waals surface area contributed by atoms with Gasteiger partial charge in [-0.3, -0.25) is 0 Å². The predicted molar refractivity (Wildman–Crippen MR) is 80.0 cm³/mol. The molecule has 0 bridgehead atoms. The summed E-state index contributed by atoms with van der Waals surface area (Å²) in [6.07, 6.45) is 1.96. The maximum atomic E-state index is 12.9. The molecule has 0 amide bonds. The number of oxime groups is 1. The molecule has 0 aliphatic carbocycles. The van der Waals surface area contributed by atoms with Crippen LogP contribution in [0.2, 0.25) is 0 Å². The Hall–Kier alpha value is -2.82. The van der Waals surface area contributed by atoms with Crippen molar-refractivity contribution in [2.45, 2.75) is 6.54 Å². The quantitative estimate of drug-likeness (QED) is 0.336. The van der Waals surface area contributed by atoms with Gasteiger partial charge in [-0.25, -0.2) is 4.39 Å². The lowest BCUT2D eigenvalue weighted by Crippen LogP contribution is -2.13. The van der Waals surface area contributed by atoms with Gasteiger partial charge in [-0.15, -0.1) is 0 Å². The average Bonchev–Trinajstić information content (AvgIpc) is 2.91. The molecule has 1 heterocycles. The normalized spacial score (nSPS) is 12.0. The average molecular weight is 283 g/mol. The molecule has 3 aromatic rings. The third-order valence-corrected chi connectivity index (χ3v) is 3.44. The molecule has 4 nitrogen and oxygen atoms in total. The molecule has 0 aliphatic rings.